The van der Waals surface area contributed by atoms with Gasteiger partial charge in [0.2, 0.25) is 5.78 Å². The molecule has 4 nitrogen and oxygen atoms in total. The fourth-order valence-electron chi connectivity index (χ4n) is 1.18. The van der Waals surface area contributed by atoms with Gasteiger partial charge in [-0.25, -0.2) is 13.8 Å². The van der Waals surface area contributed by atoms with Crippen molar-refractivity contribution in [3.8, 4) is 0 Å². The highest BCUT2D eigenvalue weighted by Crippen LogP contribution is 2.30. The summed E-state index contributed by atoms with van der Waals surface area (Å²) >= 11 is 0.726. The third-order valence-corrected chi connectivity index (χ3v) is 2.73. The third-order valence-electron chi connectivity index (χ3n) is 1.83. The number of nitrogen functional groups attached to an aromatic ring is 1. The molecule has 0 aliphatic rings. The van der Waals surface area contributed by atoms with Crippen LogP contribution in [0.2, 0.25) is 0 Å². The summed E-state index contributed by atoms with van der Waals surface area (Å²) in [5, 5.41) is -0.0646. The molecular weight excluding hydrogens is 238 g/mol. The second-order valence-corrected chi connectivity index (χ2v) is 3.90. The number of carbonyl (C=O) groups is 1. The quantitative estimate of drug-likeness (QED) is 0.842. The lowest BCUT2D eigenvalue weighted by molar-refractivity contribution is 0.0998. The van der Waals surface area contributed by atoms with Crippen LogP contribution in [0.15, 0.2) is 22.8 Å². The number of nitrogens with two attached hydrogens (primary N) is 1. The van der Waals surface area contributed by atoms with Gasteiger partial charge in [0.25, 0.3) is 6.43 Å². The van der Waals surface area contributed by atoms with Crippen molar-refractivity contribution in [3.63, 3.8) is 0 Å². The van der Waals surface area contributed by atoms with E-state index in [2.05, 4.69) is 4.98 Å². The summed E-state index contributed by atoms with van der Waals surface area (Å²) in [4.78, 5) is 15.0. The minimum Gasteiger partial charge on any atom is -0.461 e. The molecule has 0 spiro atoms. The van der Waals surface area contributed by atoms with Crippen molar-refractivity contribution in [2.45, 2.75) is 6.43 Å². The van der Waals surface area contributed by atoms with Gasteiger partial charge in [0.15, 0.2) is 10.9 Å². The number of anilines is 1. The molecule has 2 aromatic heterocycles. The van der Waals surface area contributed by atoms with Gasteiger partial charge in [-0.2, -0.15) is 0 Å². The van der Waals surface area contributed by atoms with E-state index in [0.29, 0.717) is 0 Å². The Labute approximate surface area is 92.7 Å². The van der Waals surface area contributed by atoms with E-state index in [4.69, 9.17) is 10.2 Å². The Kier molecular flexibility index (Phi) is 2.69. The van der Waals surface area contributed by atoms with Gasteiger partial charge < -0.3 is 10.2 Å². The number of ketones is 1. The highest BCUT2D eigenvalue weighted by molar-refractivity contribution is 7.17. The van der Waals surface area contributed by atoms with Gasteiger partial charge in [0.05, 0.1) is 6.26 Å². The number of aromatic nitrogens is 1. The number of carbonyl (C=O) groups excluding carboxylic acids is 1. The molecule has 2 rings (SSSR count). The summed E-state index contributed by atoms with van der Waals surface area (Å²) in [6.45, 7) is 0. The predicted octanol–water partition coefficient (Wildman–Crippen LogP) is 2.49. The van der Waals surface area contributed by atoms with E-state index in [1.54, 1.807) is 0 Å². The molecule has 0 saturated heterocycles. The van der Waals surface area contributed by atoms with E-state index in [1.165, 1.54) is 18.4 Å². The van der Waals surface area contributed by atoms with Crippen molar-refractivity contribution in [1.29, 1.82) is 0 Å². The number of thiazole rings is 1. The van der Waals surface area contributed by atoms with Crippen LogP contribution >= 0.6 is 11.3 Å². The minimum atomic E-state index is -2.83. The Morgan fingerprint density at radius 3 is 2.88 bits per heavy atom. The van der Waals surface area contributed by atoms with Gasteiger partial charge in [-0.3, -0.25) is 4.79 Å². The number of alkyl halides is 2. The van der Waals surface area contributed by atoms with Gasteiger partial charge in [0.1, 0.15) is 10.6 Å². The molecule has 0 saturated carbocycles. The van der Waals surface area contributed by atoms with Gasteiger partial charge in [-0.05, 0) is 12.1 Å². The normalized spacial score (nSPS) is 10.9. The zero-order chi connectivity index (χ0) is 11.7. The maximum atomic E-state index is 12.5. The van der Waals surface area contributed by atoms with Crippen molar-refractivity contribution in [2.24, 2.45) is 0 Å². The number of furan rings is 1. The fourth-order valence-corrected chi connectivity index (χ4v) is 1.97. The number of nitrogens with zero attached hydrogens (tertiary/aromatic N) is 1. The maximum Gasteiger partial charge on any atom is 0.282 e. The van der Waals surface area contributed by atoms with Crippen LogP contribution in [0.1, 0.15) is 27.6 Å². The highest BCUT2D eigenvalue weighted by atomic mass is 32.1. The summed E-state index contributed by atoms with van der Waals surface area (Å²) in [7, 11) is 0. The summed E-state index contributed by atoms with van der Waals surface area (Å²) in [6.07, 6.45) is -1.54. The number of rotatable bonds is 3. The Bertz CT molecular complexity index is 508. The molecule has 2 N–H and O–H groups in total. The highest BCUT2D eigenvalue weighted by Gasteiger charge is 2.25. The number of hydrogen-bond donors (Lipinski definition) is 1. The van der Waals surface area contributed by atoms with Crippen LogP contribution in [0.5, 0.6) is 0 Å². The van der Waals surface area contributed by atoms with Crippen LogP contribution in [0.3, 0.4) is 0 Å². The smallest absolute Gasteiger partial charge is 0.282 e. The minimum absolute atomic E-state index is 0.00875. The van der Waals surface area contributed by atoms with E-state index < -0.39 is 17.9 Å². The summed E-state index contributed by atoms with van der Waals surface area (Å²) < 4.78 is 29.9. The topological polar surface area (TPSA) is 69.1 Å². The second-order valence-electron chi connectivity index (χ2n) is 2.87. The molecule has 0 aromatic carbocycles. The molecule has 0 aliphatic heterocycles. The lowest BCUT2D eigenvalue weighted by Crippen LogP contribution is -2.01. The van der Waals surface area contributed by atoms with Gasteiger partial charge in [-0.15, -0.1) is 0 Å². The zero-order valence-corrected chi connectivity index (χ0v) is 8.63. The summed E-state index contributed by atoms with van der Waals surface area (Å²) in [5.41, 5.74) is 4.71. The third kappa shape index (κ3) is 1.81. The van der Waals surface area contributed by atoms with Gasteiger partial charge in [0, 0.05) is 0 Å². The van der Waals surface area contributed by atoms with Crippen LogP contribution in [-0.4, -0.2) is 10.8 Å². The average molecular weight is 244 g/mol. The lowest BCUT2D eigenvalue weighted by Gasteiger charge is -1.97. The molecule has 0 fully saturated rings. The Balaban J connectivity index is 2.44. The first-order valence-electron chi connectivity index (χ1n) is 4.22. The van der Waals surface area contributed by atoms with Crippen LogP contribution in [-0.2, 0) is 0 Å². The van der Waals surface area contributed by atoms with Crippen molar-refractivity contribution >= 4 is 22.3 Å². The van der Waals surface area contributed by atoms with Crippen molar-refractivity contribution in [2.75, 3.05) is 5.73 Å². The molecule has 2 heterocycles. The maximum absolute atomic E-state index is 12.5. The standard InChI is InChI=1S/C9H6F2N2O2S/c10-8(11)5-7(16-9(12)13-5)6(14)4-2-1-3-15-4/h1-3,8H,(H2,12,13). The van der Waals surface area contributed by atoms with Gasteiger partial charge >= 0.3 is 0 Å². The van der Waals surface area contributed by atoms with E-state index in [1.807, 2.05) is 0 Å². The fraction of sp³-hybridized carbons (Fsp3) is 0.111. The van der Waals surface area contributed by atoms with E-state index in [-0.39, 0.29) is 15.8 Å². The van der Waals surface area contributed by atoms with Gasteiger partial charge in [-0.1, -0.05) is 11.3 Å². The predicted molar refractivity (Wildman–Crippen MR) is 53.6 cm³/mol. The molecule has 84 valence electrons. The zero-order valence-electron chi connectivity index (χ0n) is 7.81. The van der Waals surface area contributed by atoms with E-state index in [9.17, 15) is 13.6 Å². The average Bonchev–Trinajstić information content (AvgIpc) is 2.84. The molecule has 0 atom stereocenters. The first kappa shape index (κ1) is 10.7. The van der Waals surface area contributed by atoms with E-state index in [0.717, 1.165) is 11.3 Å². The number of hydrogen-bond acceptors (Lipinski definition) is 5. The van der Waals surface area contributed by atoms with E-state index >= 15 is 0 Å². The molecule has 2 aromatic rings. The molecule has 0 radical (unpaired) electrons. The molecule has 0 amide bonds. The largest absolute Gasteiger partial charge is 0.461 e. The molecular formula is C9H6F2N2O2S. The summed E-state index contributed by atoms with van der Waals surface area (Å²) in [5.74, 6) is -0.639. The van der Waals surface area contributed by atoms with Crippen LogP contribution in [0.4, 0.5) is 13.9 Å². The van der Waals surface area contributed by atoms with Crippen LogP contribution < -0.4 is 5.73 Å². The van der Waals surface area contributed by atoms with Crippen molar-refractivity contribution < 1.29 is 18.0 Å². The van der Waals surface area contributed by atoms with Crippen LogP contribution in [0, 0.1) is 0 Å². The van der Waals surface area contributed by atoms with Crippen molar-refractivity contribution in [3.05, 3.63) is 34.7 Å². The Morgan fingerprint density at radius 1 is 1.56 bits per heavy atom. The number of halogens is 2. The Morgan fingerprint density at radius 2 is 2.31 bits per heavy atom. The van der Waals surface area contributed by atoms with Crippen LogP contribution in [0.25, 0.3) is 0 Å². The monoisotopic (exact) mass is 244 g/mol. The molecule has 0 aliphatic carbocycles. The van der Waals surface area contributed by atoms with Crippen molar-refractivity contribution in [1.82, 2.24) is 4.98 Å². The SMILES string of the molecule is Nc1nc(C(F)F)c(C(=O)c2ccco2)s1. The first-order valence-corrected chi connectivity index (χ1v) is 5.04. The Hall–Kier alpha value is -1.76. The summed E-state index contributed by atoms with van der Waals surface area (Å²) in [6, 6.07) is 2.90. The first-order chi connectivity index (χ1) is 7.59. The molecule has 0 unspecified atom stereocenters. The molecule has 16 heavy (non-hydrogen) atoms. The second kappa shape index (κ2) is 4.01. The molecule has 7 heteroatoms. The lowest BCUT2D eigenvalue weighted by atomic mass is 10.2. The molecule has 0 bridgehead atoms.